The second-order valence-corrected chi connectivity index (χ2v) is 11.1. The van der Waals surface area contributed by atoms with Crippen LogP contribution in [0.4, 0.5) is 0 Å². The molecule has 0 aromatic heterocycles. The van der Waals surface area contributed by atoms with Crippen molar-refractivity contribution in [1.29, 1.82) is 0 Å². The van der Waals surface area contributed by atoms with E-state index in [0.29, 0.717) is 12.3 Å². The highest BCUT2D eigenvalue weighted by Crippen LogP contribution is 2.46. The molecule has 1 aliphatic carbocycles. The highest BCUT2D eigenvalue weighted by Gasteiger charge is 2.49. The summed E-state index contributed by atoms with van der Waals surface area (Å²) in [5.41, 5.74) is 0. The van der Waals surface area contributed by atoms with Gasteiger partial charge in [0.2, 0.25) is 0 Å². The third-order valence-corrected chi connectivity index (χ3v) is 8.16. The van der Waals surface area contributed by atoms with Gasteiger partial charge in [0.05, 0.1) is 24.4 Å². The molecule has 0 spiro atoms. The maximum absolute atomic E-state index is 10.8. The zero-order valence-corrected chi connectivity index (χ0v) is 22.6. The van der Waals surface area contributed by atoms with E-state index in [1.807, 2.05) is 6.08 Å². The van der Waals surface area contributed by atoms with Gasteiger partial charge < -0.3 is 28.8 Å². The van der Waals surface area contributed by atoms with Crippen molar-refractivity contribution in [1.82, 2.24) is 0 Å². The molecule has 8 atom stereocenters. The highest BCUT2D eigenvalue weighted by molar-refractivity contribution is 5.66. The molecule has 0 aromatic carbocycles. The molecule has 1 N–H and O–H groups in total. The summed E-state index contributed by atoms with van der Waals surface area (Å²) in [5, 5.41) is 8.90. The number of aliphatic carboxylic acids is 1. The topological polar surface area (TPSA) is 83.5 Å². The second kappa shape index (κ2) is 15.4. The zero-order valence-electron chi connectivity index (χ0n) is 22.6. The van der Waals surface area contributed by atoms with Crippen LogP contribution in [0, 0.1) is 11.8 Å². The summed E-state index contributed by atoms with van der Waals surface area (Å²) in [6.07, 6.45) is 22.3. The molecule has 3 unspecified atom stereocenters. The summed E-state index contributed by atoms with van der Waals surface area (Å²) in [6.45, 7) is 3.80. The minimum Gasteiger partial charge on any atom is -0.481 e. The monoisotopic (exact) mass is 520 g/mol. The number of hydrogen-bond acceptors (Lipinski definition) is 6. The molecule has 3 aliphatic heterocycles. The molecule has 0 radical (unpaired) electrons. The first kappa shape index (κ1) is 28.8. The van der Waals surface area contributed by atoms with Crippen LogP contribution >= 0.6 is 0 Å². The van der Waals surface area contributed by atoms with E-state index in [1.54, 1.807) is 0 Å². The summed E-state index contributed by atoms with van der Waals surface area (Å²) in [4.78, 5) is 10.8. The Hall–Kier alpha value is -1.25. The predicted octanol–water partition coefficient (Wildman–Crippen LogP) is 6.16. The predicted molar refractivity (Wildman–Crippen MR) is 141 cm³/mol. The van der Waals surface area contributed by atoms with Gasteiger partial charge in [-0.25, -0.2) is 0 Å². The number of carbonyl (C=O) groups is 1. The van der Waals surface area contributed by atoms with E-state index in [4.69, 9.17) is 28.8 Å². The first-order chi connectivity index (χ1) is 18.1. The summed E-state index contributed by atoms with van der Waals surface area (Å²) in [6, 6.07) is 0. The lowest BCUT2D eigenvalue weighted by molar-refractivity contribution is -0.194. The van der Waals surface area contributed by atoms with Gasteiger partial charge in [-0.05, 0) is 63.7 Å². The molecule has 0 amide bonds. The molecule has 1 saturated carbocycles. The standard InChI is InChI=1S/C30H48O7/c1-2-3-4-11-22(36-29-14-7-9-18-33-29)16-17-24-25-20-23(12-5-6-13-28(31)32)35-27(25)21-26(24)37-30-15-8-10-19-34-30/h5,12,16-17,22-27,29-30H,2-4,6-11,13-15,18-21H2,1H3,(H,31,32)/t22-,23?,24+,25+,26+,27+,29?,30?/m0/s1. The van der Waals surface area contributed by atoms with Crippen LogP contribution in [0.25, 0.3) is 0 Å². The van der Waals surface area contributed by atoms with Gasteiger partial charge in [-0.15, -0.1) is 0 Å². The van der Waals surface area contributed by atoms with Gasteiger partial charge in [-0.2, -0.15) is 0 Å². The maximum atomic E-state index is 10.8. The second-order valence-electron chi connectivity index (χ2n) is 11.1. The van der Waals surface area contributed by atoms with E-state index in [-0.39, 0.29) is 49.3 Å². The summed E-state index contributed by atoms with van der Waals surface area (Å²) in [5.74, 6) is -0.142. The lowest BCUT2D eigenvalue weighted by Crippen LogP contribution is -2.31. The third kappa shape index (κ3) is 9.17. The molecule has 4 fully saturated rings. The molecular weight excluding hydrogens is 472 g/mol. The van der Waals surface area contributed by atoms with Crippen molar-refractivity contribution in [3.8, 4) is 0 Å². The van der Waals surface area contributed by atoms with Crippen molar-refractivity contribution >= 4 is 5.97 Å². The van der Waals surface area contributed by atoms with Crippen LogP contribution in [0.1, 0.15) is 96.8 Å². The maximum Gasteiger partial charge on any atom is 0.303 e. The van der Waals surface area contributed by atoms with Gasteiger partial charge in [0.25, 0.3) is 0 Å². The average Bonchev–Trinajstić information content (AvgIpc) is 3.43. The van der Waals surface area contributed by atoms with E-state index >= 15 is 0 Å². The molecule has 7 nitrogen and oxygen atoms in total. The number of ether oxygens (including phenoxy) is 5. The summed E-state index contributed by atoms with van der Waals surface area (Å²) in [7, 11) is 0. The van der Waals surface area contributed by atoms with Crippen LogP contribution in [-0.2, 0) is 28.5 Å². The smallest absolute Gasteiger partial charge is 0.303 e. The molecule has 210 valence electrons. The number of allylic oxidation sites excluding steroid dienone is 1. The molecule has 4 aliphatic rings. The molecular formula is C30H48O7. The Morgan fingerprint density at radius 3 is 2.51 bits per heavy atom. The molecule has 37 heavy (non-hydrogen) atoms. The molecule has 0 aromatic rings. The summed E-state index contributed by atoms with van der Waals surface area (Å²) >= 11 is 0. The zero-order chi connectivity index (χ0) is 25.9. The lowest BCUT2D eigenvalue weighted by Gasteiger charge is -2.30. The van der Waals surface area contributed by atoms with Gasteiger partial charge >= 0.3 is 5.97 Å². The minimum atomic E-state index is -0.765. The third-order valence-electron chi connectivity index (χ3n) is 8.16. The molecule has 3 heterocycles. The highest BCUT2D eigenvalue weighted by atomic mass is 16.7. The van der Waals surface area contributed by atoms with E-state index in [1.165, 1.54) is 19.3 Å². The minimum absolute atomic E-state index is 0.0406. The first-order valence-corrected chi connectivity index (χ1v) is 14.9. The van der Waals surface area contributed by atoms with Crippen LogP contribution in [-0.4, -0.2) is 61.3 Å². The molecule has 3 saturated heterocycles. The van der Waals surface area contributed by atoms with Crippen LogP contribution in [0.5, 0.6) is 0 Å². The van der Waals surface area contributed by atoms with Gasteiger partial charge in [0, 0.05) is 32.0 Å². The van der Waals surface area contributed by atoms with Gasteiger partial charge in [0.1, 0.15) is 0 Å². The molecule has 7 heteroatoms. The van der Waals surface area contributed by atoms with Crippen molar-refractivity contribution in [2.24, 2.45) is 11.8 Å². The van der Waals surface area contributed by atoms with Crippen LogP contribution in [0.15, 0.2) is 24.3 Å². The fourth-order valence-electron chi connectivity index (χ4n) is 6.17. The van der Waals surface area contributed by atoms with Crippen LogP contribution in [0.3, 0.4) is 0 Å². The number of fused-ring (bicyclic) bond motifs is 1. The van der Waals surface area contributed by atoms with Gasteiger partial charge in [-0.1, -0.05) is 50.5 Å². The van der Waals surface area contributed by atoms with Crippen molar-refractivity contribution in [3.63, 3.8) is 0 Å². The SMILES string of the molecule is CCCCC[C@@H](C=C[C@@H]1[C@H]2CC(C=CCCC(=O)O)O[C@@H]2C[C@H]1OC1CCCCO1)OC1CCCCO1. The van der Waals surface area contributed by atoms with Crippen molar-refractivity contribution in [2.75, 3.05) is 13.2 Å². The number of hydrogen-bond donors (Lipinski definition) is 1. The van der Waals surface area contributed by atoms with E-state index in [9.17, 15) is 4.79 Å². The van der Waals surface area contributed by atoms with Crippen LogP contribution in [0.2, 0.25) is 0 Å². The fraction of sp³-hybridized carbons (Fsp3) is 0.833. The number of carboxylic acid groups (broad SMARTS) is 1. The largest absolute Gasteiger partial charge is 0.481 e. The molecule has 4 rings (SSSR count). The van der Waals surface area contributed by atoms with E-state index in [2.05, 4.69) is 25.2 Å². The Bertz CT molecular complexity index is 725. The van der Waals surface area contributed by atoms with Crippen LogP contribution < -0.4 is 0 Å². The average molecular weight is 521 g/mol. The first-order valence-electron chi connectivity index (χ1n) is 14.9. The normalized spacial score (nSPS) is 35.3. The Morgan fingerprint density at radius 2 is 1.81 bits per heavy atom. The Morgan fingerprint density at radius 1 is 1.03 bits per heavy atom. The molecule has 0 bridgehead atoms. The number of unbranched alkanes of at least 4 members (excludes halogenated alkanes) is 2. The van der Waals surface area contributed by atoms with Crippen molar-refractivity contribution in [3.05, 3.63) is 24.3 Å². The number of rotatable bonds is 14. The number of carboxylic acids is 1. The lowest BCUT2D eigenvalue weighted by atomic mass is 9.89. The van der Waals surface area contributed by atoms with Gasteiger partial charge in [-0.3, -0.25) is 4.79 Å². The van der Waals surface area contributed by atoms with Crippen molar-refractivity contribution in [2.45, 2.75) is 134 Å². The Labute approximate surface area is 222 Å². The Kier molecular flexibility index (Phi) is 11.9. The fourth-order valence-corrected chi connectivity index (χ4v) is 6.17. The van der Waals surface area contributed by atoms with E-state index < -0.39 is 5.97 Å². The Balaban J connectivity index is 1.41. The van der Waals surface area contributed by atoms with Gasteiger partial charge in [0.15, 0.2) is 12.6 Å². The summed E-state index contributed by atoms with van der Waals surface area (Å²) < 4.78 is 31.2. The quantitative estimate of drug-likeness (QED) is 0.217. The van der Waals surface area contributed by atoms with Crippen molar-refractivity contribution < 1.29 is 33.6 Å². The van der Waals surface area contributed by atoms with E-state index in [0.717, 1.165) is 71.0 Å².